The Kier molecular flexibility index (Phi) is 6.34. The number of hydrazine groups is 1. The molecule has 0 spiro atoms. The third-order valence-corrected chi connectivity index (χ3v) is 5.48. The number of amides is 1. The van der Waals surface area contributed by atoms with Crippen molar-refractivity contribution in [2.24, 2.45) is 5.92 Å². The Bertz CT molecular complexity index is 909. The Balaban J connectivity index is 1.51. The van der Waals surface area contributed by atoms with E-state index in [0.717, 1.165) is 6.42 Å². The van der Waals surface area contributed by atoms with Crippen LogP contribution in [0.4, 0.5) is 5.69 Å². The lowest BCUT2D eigenvalue weighted by atomic mass is 9.86. The summed E-state index contributed by atoms with van der Waals surface area (Å²) < 4.78 is 5.27. The molecule has 7 heteroatoms. The van der Waals surface area contributed by atoms with Crippen molar-refractivity contribution in [1.82, 2.24) is 10.9 Å². The van der Waals surface area contributed by atoms with Crippen molar-refractivity contribution in [3.8, 4) is 5.75 Å². The van der Waals surface area contributed by atoms with Gasteiger partial charge in [0.1, 0.15) is 5.75 Å². The predicted octanol–water partition coefficient (Wildman–Crippen LogP) is 4.77. The molecule has 0 aromatic heterocycles. The number of carbonyl (C=O) groups excluding carboxylic acids is 1. The lowest BCUT2D eigenvalue weighted by molar-refractivity contribution is -0.122. The second-order valence-corrected chi connectivity index (χ2v) is 9.08. The highest BCUT2D eigenvalue weighted by Gasteiger charge is 2.44. The number of methoxy groups -OCH3 is 1. The molecule has 154 valence electrons. The van der Waals surface area contributed by atoms with E-state index in [0.29, 0.717) is 16.5 Å². The third-order valence-electron chi connectivity index (χ3n) is 5.04. The number of hydrogen-bond donors (Lipinski definition) is 3. The van der Waals surface area contributed by atoms with E-state index < -0.39 is 0 Å². The molecule has 3 rings (SSSR count). The van der Waals surface area contributed by atoms with Crippen LogP contribution in [0.25, 0.3) is 0 Å². The molecule has 0 unspecified atom stereocenters. The van der Waals surface area contributed by atoms with Crippen molar-refractivity contribution in [1.29, 1.82) is 0 Å². The van der Waals surface area contributed by atoms with Gasteiger partial charge in [-0.1, -0.05) is 56.6 Å². The van der Waals surface area contributed by atoms with Gasteiger partial charge in [-0.05, 0) is 59.3 Å². The normalized spacial score (nSPS) is 18.0. The Labute approximate surface area is 182 Å². The molecular weight excluding hydrogens is 406 g/mol. The molecular formula is C22H26ClN3O2S. The Hall–Kier alpha value is -2.31. The molecule has 2 aromatic carbocycles. The van der Waals surface area contributed by atoms with Crippen molar-refractivity contribution < 1.29 is 9.53 Å². The highest BCUT2D eigenvalue weighted by Crippen LogP contribution is 2.47. The van der Waals surface area contributed by atoms with Crippen LogP contribution in [0.2, 0.25) is 5.02 Å². The van der Waals surface area contributed by atoms with Crippen LogP contribution in [0.15, 0.2) is 42.5 Å². The molecule has 5 nitrogen and oxygen atoms in total. The van der Waals surface area contributed by atoms with E-state index in [1.165, 1.54) is 11.1 Å². The van der Waals surface area contributed by atoms with E-state index in [9.17, 15) is 4.79 Å². The molecule has 1 amide bonds. The molecule has 0 aliphatic heterocycles. The van der Waals surface area contributed by atoms with Crippen LogP contribution < -0.4 is 20.9 Å². The Morgan fingerprint density at radius 3 is 2.45 bits per heavy atom. The number of anilines is 1. The van der Waals surface area contributed by atoms with Crippen LogP contribution in [-0.2, 0) is 10.2 Å². The maximum absolute atomic E-state index is 12.4. The number of halogens is 1. The van der Waals surface area contributed by atoms with E-state index in [2.05, 4.69) is 61.2 Å². The van der Waals surface area contributed by atoms with Gasteiger partial charge in [0.2, 0.25) is 5.91 Å². The molecule has 2 aromatic rings. The van der Waals surface area contributed by atoms with Gasteiger partial charge in [0.05, 0.1) is 12.8 Å². The standard InChI is InChI=1S/C22H26ClN3O2S/c1-22(2,3)14-7-5-13(6-8-14)16-12-17(16)20(27)25-26-21(29)24-18-11-15(23)9-10-19(18)28-4/h5-11,16-17H,12H2,1-4H3,(H,25,27)(H2,24,26,29)/t16-,17-/m1/s1. The van der Waals surface area contributed by atoms with Crippen molar-refractivity contribution in [2.75, 3.05) is 12.4 Å². The van der Waals surface area contributed by atoms with Gasteiger partial charge in [0.15, 0.2) is 5.11 Å². The summed E-state index contributed by atoms with van der Waals surface area (Å²) in [6.45, 7) is 6.57. The lowest BCUT2D eigenvalue weighted by Gasteiger charge is -2.19. The topological polar surface area (TPSA) is 62.4 Å². The van der Waals surface area contributed by atoms with Gasteiger partial charge in [-0.15, -0.1) is 0 Å². The molecule has 0 bridgehead atoms. The van der Waals surface area contributed by atoms with Gasteiger partial charge in [0.25, 0.3) is 0 Å². The summed E-state index contributed by atoms with van der Waals surface area (Å²) in [6, 6.07) is 13.7. The van der Waals surface area contributed by atoms with Crippen LogP contribution in [0.3, 0.4) is 0 Å². The summed E-state index contributed by atoms with van der Waals surface area (Å²) in [5.41, 5.74) is 8.66. The minimum absolute atomic E-state index is 0.0495. The monoisotopic (exact) mass is 431 g/mol. The van der Waals surface area contributed by atoms with Gasteiger partial charge >= 0.3 is 0 Å². The zero-order valence-corrected chi connectivity index (χ0v) is 18.6. The van der Waals surface area contributed by atoms with Gasteiger partial charge in [-0.25, -0.2) is 0 Å². The molecule has 1 fully saturated rings. The maximum atomic E-state index is 12.4. The highest BCUT2D eigenvalue weighted by atomic mass is 35.5. The van der Waals surface area contributed by atoms with E-state index in [4.69, 9.17) is 28.6 Å². The first-order chi connectivity index (χ1) is 13.7. The number of nitrogens with one attached hydrogen (secondary N) is 3. The summed E-state index contributed by atoms with van der Waals surface area (Å²) in [4.78, 5) is 12.4. The van der Waals surface area contributed by atoms with E-state index in [-0.39, 0.29) is 28.3 Å². The van der Waals surface area contributed by atoms with E-state index >= 15 is 0 Å². The molecule has 1 aliphatic carbocycles. The van der Waals surface area contributed by atoms with Crippen molar-refractivity contribution in [3.63, 3.8) is 0 Å². The molecule has 0 saturated heterocycles. The first-order valence-electron chi connectivity index (χ1n) is 9.50. The number of ether oxygens (including phenoxy) is 1. The molecule has 0 radical (unpaired) electrons. The molecule has 1 aliphatic rings. The fraction of sp³-hybridized carbons (Fsp3) is 0.364. The van der Waals surface area contributed by atoms with Crippen LogP contribution >= 0.6 is 23.8 Å². The van der Waals surface area contributed by atoms with Gasteiger partial charge < -0.3 is 10.1 Å². The van der Waals surface area contributed by atoms with E-state index in [1.807, 2.05) is 0 Å². The number of rotatable bonds is 4. The predicted molar refractivity (Wildman–Crippen MR) is 121 cm³/mol. The smallest absolute Gasteiger partial charge is 0.242 e. The Morgan fingerprint density at radius 1 is 1.14 bits per heavy atom. The molecule has 0 heterocycles. The zero-order chi connectivity index (χ0) is 21.2. The Morgan fingerprint density at radius 2 is 1.83 bits per heavy atom. The summed E-state index contributed by atoms with van der Waals surface area (Å²) >= 11 is 11.3. The molecule has 29 heavy (non-hydrogen) atoms. The second kappa shape index (κ2) is 8.59. The average Bonchev–Trinajstić information content (AvgIpc) is 3.47. The van der Waals surface area contributed by atoms with Gasteiger partial charge in [0, 0.05) is 10.9 Å². The van der Waals surface area contributed by atoms with Crippen molar-refractivity contribution >= 4 is 40.5 Å². The quantitative estimate of drug-likeness (QED) is 0.481. The maximum Gasteiger partial charge on any atom is 0.242 e. The number of thiocarbonyl (C=S) groups is 1. The summed E-state index contributed by atoms with van der Waals surface area (Å²) in [5.74, 6) is 0.731. The summed E-state index contributed by atoms with van der Waals surface area (Å²) in [6.07, 6.45) is 0.838. The highest BCUT2D eigenvalue weighted by molar-refractivity contribution is 7.80. The molecule has 2 atom stereocenters. The minimum atomic E-state index is -0.0721. The third kappa shape index (κ3) is 5.40. The number of hydrogen-bond acceptors (Lipinski definition) is 3. The molecule has 3 N–H and O–H groups in total. The average molecular weight is 432 g/mol. The summed E-state index contributed by atoms with van der Waals surface area (Å²) in [5, 5.41) is 3.79. The first-order valence-corrected chi connectivity index (χ1v) is 10.3. The summed E-state index contributed by atoms with van der Waals surface area (Å²) in [7, 11) is 1.56. The van der Waals surface area contributed by atoms with Crippen molar-refractivity contribution in [2.45, 2.75) is 38.5 Å². The fourth-order valence-electron chi connectivity index (χ4n) is 3.23. The van der Waals surface area contributed by atoms with Crippen molar-refractivity contribution in [3.05, 3.63) is 58.6 Å². The number of carbonyl (C=O) groups is 1. The van der Waals surface area contributed by atoms with Crippen LogP contribution in [0.5, 0.6) is 5.75 Å². The van der Waals surface area contributed by atoms with Crippen LogP contribution in [0, 0.1) is 5.92 Å². The zero-order valence-electron chi connectivity index (χ0n) is 17.0. The first kappa shape index (κ1) is 21.4. The lowest BCUT2D eigenvalue weighted by Crippen LogP contribution is -2.44. The van der Waals surface area contributed by atoms with Crippen LogP contribution in [-0.4, -0.2) is 18.1 Å². The number of benzene rings is 2. The second-order valence-electron chi connectivity index (χ2n) is 8.23. The molecule has 1 saturated carbocycles. The SMILES string of the molecule is COc1ccc(Cl)cc1NC(=S)NNC(=O)[C@@H]1C[C@@H]1c1ccc(C(C)(C)C)cc1. The van der Waals surface area contributed by atoms with Gasteiger partial charge in [-0.3, -0.25) is 15.6 Å². The minimum Gasteiger partial charge on any atom is -0.495 e. The van der Waals surface area contributed by atoms with Crippen LogP contribution in [0.1, 0.15) is 44.2 Å². The van der Waals surface area contributed by atoms with Gasteiger partial charge in [-0.2, -0.15) is 0 Å². The van der Waals surface area contributed by atoms with E-state index in [1.54, 1.807) is 25.3 Å². The fourth-order valence-corrected chi connectivity index (χ4v) is 3.56. The largest absolute Gasteiger partial charge is 0.495 e.